The Kier molecular flexibility index (Phi) is 4.09. The average Bonchev–Trinajstić information content (AvgIpc) is 3.20. The molecule has 7 heteroatoms. The lowest BCUT2D eigenvalue weighted by molar-refractivity contribution is -0.135. The quantitative estimate of drug-likeness (QED) is 0.847. The maximum Gasteiger partial charge on any atom is 0.329 e. The Morgan fingerprint density at radius 2 is 1.96 bits per heavy atom. The van der Waals surface area contributed by atoms with E-state index in [1.54, 1.807) is 11.6 Å². The number of nitrogens with one attached hydrogen (secondary N) is 1. The van der Waals surface area contributed by atoms with E-state index >= 15 is 0 Å². The Morgan fingerprint density at radius 3 is 2.65 bits per heavy atom. The van der Waals surface area contributed by atoms with Crippen molar-refractivity contribution < 1.29 is 9.59 Å². The first-order valence-corrected chi connectivity index (χ1v) is 9.29. The third-order valence-corrected chi connectivity index (χ3v) is 5.82. The summed E-state index contributed by atoms with van der Waals surface area (Å²) in [6.07, 6.45) is 2.99. The van der Waals surface area contributed by atoms with Crippen molar-refractivity contribution in [3.8, 4) is 0 Å². The number of piperidine rings is 1. The molecule has 2 atom stereocenters. The number of nitrogens with zero attached hydrogens (tertiary/aromatic N) is 3. The first-order valence-electron chi connectivity index (χ1n) is 9.29. The number of benzene rings is 1. The number of amides is 2. The lowest BCUT2D eigenvalue weighted by Crippen LogP contribution is -2.44. The van der Waals surface area contributed by atoms with E-state index in [9.17, 15) is 14.4 Å². The van der Waals surface area contributed by atoms with E-state index in [0.29, 0.717) is 6.42 Å². The van der Waals surface area contributed by atoms with Gasteiger partial charge in [-0.15, -0.1) is 0 Å². The summed E-state index contributed by atoms with van der Waals surface area (Å²) in [5, 5.41) is 2.34. The van der Waals surface area contributed by atoms with Gasteiger partial charge >= 0.3 is 5.69 Å². The van der Waals surface area contributed by atoms with E-state index in [2.05, 4.69) is 17.1 Å². The first kappa shape index (κ1) is 16.9. The van der Waals surface area contributed by atoms with Gasteiger partial charge in [-0.05, 0) is 37.0 Å². The predicted molar refractivity (Wildman–Crippen MR) is 99.2 cm³/mol. The molecule has 1 aromatic carbocycles. The Hall–Kier alpha value is -2.57. The highest BCUT2D eigenvalue weighted by Gasteiger charge is 2.31. The van der Waals surface area contributed by atoms with E-state index in [1.165, 1.54) is 17.4 Å². The molecule has 2 amide bonds. The van der Waals surface area contributed by atoms with Crippen molar-refractivity contribution >= 4 is 28.5 Å². The summed E-state index contributed by atoms with van der Waals surface area (Å²) in [7, 11) is 1.73. The fourth-order valence-electron chi connectivity index (χ4n) is 4.18. The van der Waals surface area contributed by atoms with Crippen molar-refractivity contribution in [3.05, 3.63) is 28.7 Å². The Bertz CT molecular complexity index is 942. The monoisotopic (exact) mass is 356 g/mol. The second kappa shape index (κ2) is 6.30. The van der Waals surface area contributed by atoms with Crippen molar-refractivity contribution in [2.75, 3.05) is 18.0 Å². The lowest BCUT2D eigenvalue weighted by Gasteiger charge is -2.22. The van der Waals surface area contributed by atoms with Crippen molar-refractivity contribution in [2.24, 2.45) is 13.0 Å². The number of fused-ring (bicyclic) bond motifs is 1. The summed E-state index contributed by atoms with van der Waals surface area (Å²) in [5.74, 6) is 0.0502. The van der Waals surface area contributed by atoms with Crippen LogP contribution in [0.25, 0.3) is 11.0 Å². The van der Waals surface area contributed by atoms with Crippen molar-refractivity contribution in [1.29, 1.82) is 0 Å². The van der Waals surface area contributed by atoms with Gasteiger partial charge in [-0.1, -0.05) is 13.3 Å². The van der Waals surface area contributed by atoms with Gasteiger partial charge in [0.15, 0.2) is 0 Å². The van der Waals surface area contributed by atoms with Gasteiger partial charge in [0, 0.05) is 32.2 Å². The standard InChI is InChI=1S/C19H24N4O3/c1-3-12-8-9-22(11-12)13-4-5-14-16(10-13)21(2)19(26)23(14)15-6-7-17(24)20-18(15)25/h4-5,10,12,15H,3,6-9,11H2,1-2H3,(H,20,24,25)/t12-,15?/m1/s1. The molecule has 2 aliphatic heterocycles. The molecule has 1 aromatic heterocycles. The Labute approximate surface area is 151 Å². The van der Waals surface area contributed by atoms with Crippen LogP contribution in [0, 0.1) is 5.92 Å². The van der Waals surface area contributed by atoms with Gasteiger partial charge in [0.1, 0.15) is 6.04 Å². The van der Waals surface area contributed by atoms with Crippen LogP contribution in [0.3, 0.4) is 0 Å². The summed E-state index contributed by atoms with van der Waals surface area (Å²) in [6, 6.07) is 5.36. The van der Waals surface area contributed by atoms with Gasteiger partial charge < -0.3 is 4.90 Å². The molecular weight excluding hydrogens is 332 g/mol. The van der Waals surface area contributed by atoms with Gasteiger partial charge in [0.25, 0.3) is 0 Å². The van der Waals surface area contributed by atoms with Crippen LogP contribution >= 0.6 is 0 Å². The van der Waals surface area contributed by atoms with Gasteiger partial charge in [-0.25, -0.2) is 4.79 Å². The molecule has 0 aliphatic carbocycles. The molecule has 1 N–H and O–H groups in total. The van der Waals surface area contributed by atoms with Crippen LogP contribution in [0.1, 0.15) is 38.6 Å². The molecule has 0 radical (unpaired) electrons. The maximum absolute atomic E-state index is 12.8. The third kappa shape index (κ3) is 2.62. The van der Waals surface area contributed by atoms with Crippen LogP contribution < -0.4 is 15.9 Å². The zero-order valence-electron chi connectivity index (χ0n) is 15.2. The highest BCUT2D eigenvalue weighted by molar-refractivity contribution is 6.00. The third-order valence-electron chi connectivity index (χ3n) is 5.82. The van der Waals surface area contributed by atoms with E-state index in [-0.39, 0.29) is 18.0 Å². The van der Waals surface area contributed by atoms with Crippen LogP contribution in [-0.4, -0.2) is 34.0 Å². The molecule has 1 unspecified atom stereocenters. The Morgan fingerprint density at radius 1 is 1.15 bits per heavy atom. The number of rotatable bonds is 3. The lowest BCUT2D eigenvalue weighted by atomic mass is 10.1. The normalized spacial score (nSPS) is 23.7. The highest BCUT2D eigenvalue weighted by Crippen LogP contribution is 2.29. The molecule has 0 spiro atoms. The number of carbonyl (C=O) groups excluding carboxylic acids is 2. The van der Waals surface area contributed by atoms with Gasteiger partial charge in [0.05, 0.1) is 11.0 Å². The van der Waals surface area contributed by atoms with Crippen LogP contribution in [0.5, 0.6) is 0 Å². The molecule has 2 saturated heterocycles. The minimum absolute atomic E-state index is 0.223. The fourth-order valence-corrected chi connectivity index (χ4v) is 4.18. The van der Waals surface area contributed by atoms with Crippen molar-refractivity contribution in [3.63, 3.8) is 0 Å². The summed E-state index contributed by atoms with van der Waals surface area (Å²) in [5.41, 5.74) is 2.45. The molecule has 2 fully saturated rings. The smallest absolute Gasteiger partial charge is 0.329 e. The van der Waals surface area contributed by atoms with E-state index in [1.807, 2.05) is 18.2 Å². The fraction of sp³-hybridized carbons (Fsp3) is 0.526. The number of aryl methyl sites for hydroxylation is 1. The number of hydrogen-bond acceptors (Lipinski definition) is 4. The predicted octanol–water partition coefficient (Wildman–Crippen LogP) is 1.55. The van der Waals surface area contributed by atoms with Crippen LogP contribution in [0.2, 0.25) is 0 Å². The second-order valence-corrected chi connectivity index (χ2v) is 7.36. The summed E-state index contributed by atoms with van der Waals surface area (Å²) >= 11 is 0. The first-order chi connectivity index (χ1) is 12.5. The zero-order valence-corrected chi connectivity index (χ0v) is 15.2. The number of imide groups is 1. The molecule has 138 valence electrons. The summed E-state index contributed by atoms with van der Waals surface area (Å²) in [4.78, 5) is 38.8. The molecule has 2 aromatic rings. The molecule has 0 bridgehead atoms. The SMILES string of the molecule is CC[C@@H]1CCN(c2ccc3c(c2)n(C)c(=O)n3C2CCC(=O)NC2=O)C1. The van der Waals surface area contributed by atoms with Crippen LogP contribution in [0.4, 0.5) is 5.69 Å². The molecule has 3 heterocycles. The summed E-state index contributed by atoms with van der Waals surface area (Å²) in [6.45, 7) is 4.30. The molecular formula is C19H24N4O3. The zero-order chi connectivity index (χ0) is 18.4. The Balaban J connectivity index is 1.75. The largest absolute Gasteiger partial charge is 0.371 e. The minimum Gasteiger partial charge on any atom is -0.371 e. The topological polar surface area (TPSA) is 76.3 Å². The van der Waals surface area contributed by atoms with Gasteiger partial charge in [-0.3, -0.25) is 24.0 Å². The highest BCUT2D eigenvalue weighted by atomic mass is 16.2. The molecule has 4 rings (SSSR count). The number of hydrogen-bond donors (Lipinski definition) is 1. The number of anilines is 1. The van der Waals surface area contributed by atoms with Crippen molar-refractivity contribution in [1.82, 2.24) is 14.5 Å². The second-order valence-electron chi connectivity index (χ2n) is 7.36. The van der Waals surface area contributed by atoms with Crippen LogP contribution in [0.15, 0.2) is 23.0 Å². The van der Waals surface area contributed by atoms with E-state index < -0.39 is 11.9 Å². The maximum atomic E-state index is 12.8. The van der Waals surface area contributed by atoms with E-state index in [4.69, 9.17) is 0 Å². The summed E-state index contributed by atoms with van der Waals surface area (Å²) < 4.78 is 3.12. The van der Waals surface area contributed by atoms with E-state index in [0.717, 1.165) is 35.7 Å². The number of carbonyl (C=O) groups is 2. The van der Waals surface area contributed by atoms with Crippen LogP contribution in [-0.2, 0) is 16.6 Å². The molecule has 2 aliphatic rings. The minimum atomic E-state index is -0.633. The molecule has 0 saturated carbocycles. The molecule has 26 heavy (non-hydrogen) atoms. The van der Waals surface area contributed by atoms with Gasteiger partial charge in [-0.2, -0.15) is 0 Å². The van der Waals surface area contributed by atoms with Crippen molar-refractivity contribution in [2.45, 2.75) is 38.6 Å². The average molecular weight is 356 g/mol. The number of aromatic nitrogens is 2. The number of imidazole rings is 1. The van der Waals surface area contributed by atoms with Gasteiger partial charge in [0.2, 0.25) is 11.8 Å². The molecule has 7 nitrogen and oxygen atoms in total.